The second-order valence-electron chi connectivity index (χ2n) is 9.95. The van der Waals surface area contributed by atoms with Crippen LogP contribution in [0.15, 0.2) is 102 Å². The molecule has 0 aliphatic carbocycles. The molecule has 45 heavy (non-hydrogen) atoms. The van der Waals surface area contributed by atoms with Gasteiger partial charge in [-0.15, -0.1) is 0 Å². The third-order valence-electron chi connectivity index (χ3n) is 7.13. The van der Waals surface area contributed by atoms with Crippen LogP contribution in [0.2, 0.25) is 10.0 Å². The van der Waals surface area contributed by atoms with Gasteiger partial charge < -0.3 is 19.7 Å². The minimum absolute atomic E-state index is 0.0526. The first-order valence-corrected chi connectivity index (χ1v) is 16.1. The standard InChI is InChI=1S/C33H33Cl2N3O6S/c1-36-33(40)30(20-23-9-5-4-6-10-23)37(21-24-13-18-27(34)28(35)19-24)32(39)22-38(29-11-7-8-12-31(29)44-3)45(41,42)26-16-14-25(43-2)15-17-26/h4-19,30H,20-22H2,1-3H3,(H,36,40). The number of hydrogen-bond donors (Lipinski definition) is 1. The number of hydrogen-bond acceptors (Lipinski definition) is 6. The van der Waals surface area contributed by atoms with E-state index in [-0.39, 0.29) is 34.3 Å². The summed E-state index contributed by atoms with van der Waals surface area (Å²) in [4.78, 5) is 29.1. The number of benzene rings is 4. The summed E-state index contributed by atoms with van der Waals surface area (Å²) in [5.74, 6) is -0.343. The first kappa shape index (κ1) is 33.6. The number of nitrogens with zero attached hydrogens (tertiary/aromatic N) is 2. The van der Waals surface area contributed by atoms with E-state index in [4.69, 9.17) is 32.7 Å². The molecular weight excluding hydrogens is 637 g/mol. The highest BCUT2D eigenvalue weighted by Gasteiger charge is 2.35. The molecule has 0 fully saturated rings. The molecule has 1 atom stereocenters. The van der Waals surface area contributed by atoms with Crippen LogP contribution in [-0.4, -0.2) is 59.0 Å². The minimum Gasteiger partial charge on any atom is -0.497 e. The van der Waals surface area contributed by atoms with E-state index in [1.807, 2.05) is 30.3 Å². The lowest BCUT2D eigenvalue weighted by Gasteiger charge is -2.34. The van der Waals surface area contributed by atoms with Crippen LogP contribution in [0.1, 0.15) is 11.1 Å². The Morgan fingerprint density at radius 2 is 1.49 bits per heavy atom. The Bertz CT molecular complexity index is 1740. The SMILES string of the molecule is CNC(=O)C(Cc1ccccc1)N(Cc1ccc(Cl)c(Cl)c1)C(=O)CN(c1ccccc1OC)S(=O)(=O)c1ccc(OC)cc1. The topological polar surface area (TPSA) is 105 Å². The van der Waals surface area contributed by atoms with E-state index in [1.54, 1.807) is 42.5 Å². The predicted octanol–water partition coefficient (Wildman–Crippen LogP) is 5.59. The van der Waals surface area contributed by atoms with Crippen LogP contribution in [0.4, 0.5) is 5.69 Å². The van der Waals surface area contributed by atoms with Gasteiger partial charge >= 0.3 is 0 Å². The smallest absolute Gasteiger partial charge is 0.264 e. The monoisotopic (exact) mass is 669 g/mol. The van der Waals surface area contributed by atoms with E-state index in [1.165, 1.54) is 50.4 Å². The molecule has 4 aromatic rings. The van der Waals surface area contributed by atoms with E-state index >= 15 is 0 Å². The normalized spacial score (nSPS) is 11.8. The quantitative estimate of drug-likeness (QED) is 0.199. The molecule has 4 aromatic carbocycles. The lowest BCUT2D eigenvalue weighted by Crippen LogP contribution is -2.53. The Hall–Kier alpha value is -4.25. The van der Waals surface area contributed by atoms with Crippen LogP contribution < -0.4 is 19.1 Å². The Morgan fingerprint density at radius 3 is 2.11 bits per heavy atom. The van der Waals surface area contributed by atoms with Gasteiger partial charge in [-0.2, -0.15) is 0 Å². The van der Waals surface area contributed by atoms with E-state index in [0.29, 0.717) is 16.3 Å². The molecule has 0 aliphatic heterocycles. The molecule has 0 bridgehead atoms. The molecule has 0 aliphatic rings. The number of ether oxygens (including phenoxy) is 2. The van der Waals surface area contributed by atoms with Crippen molar-refractivity contribution in [3.8, 4) is 11.5 Å². The van der Waals surface area contributed by atoms with Crippen LogP contribution in [0, 0.1) is 0 Å². The maximum Gasteiger partial charge on any atom is 0.264 e. The Balaban J connectivity index is 1.82. The second-order valence-corrected chi connectivity index (χ2v) is 12.6. The zero-order chi connectivity index (χ0) is 32.6. The van der Waals surface area contributed by atoms with Crippen LogP contribution in [0.5, 0.6) is 11.5 Å². The van der Waals surface area contributed by atoms with Gasteiger partial charge in [-0.05, 0) is 59.7 Å². The molecule has 0 aromatic heterocycles. The summed E-state index contributed by atoms with van der Waals surface area (Å²) in [5.41, 5.74) is 1.56. The van der Waals surface area contributed by atoms with Crippen LogP contribution in [-0.2, 0) is 32.6 Å². The third kappa shape index (κ3) is 8.08. The van der Waals surface area contributed by atoms with Crippen molar-refractivity contribution in [3.63, 3.8) is 0 Å². The fraction of sp³-hybridized carbons (Fsp3) is 0.212. The molecule has 12 heteroatoms. The highest BCUT2D eigenvalue weighted by molar-refractivity contribution is 7.92. The number of anilines is 1. The largest absolute Gasteiger partial charge is 0.497 e. The molecule has 1 unspecified atom stereocenters. The van der Waals surface area contributed by atoms with E-state index in [2.05, 4.69) is 5.32 Å². The number of carbonyl (C=O) groups is 2. The molecule has 236 valence electrons. The van der Waals surface area contributed by atoms with Gasteiger partial charge in [-0.3, -0.25) is 13.9 Å². The third-order valence-corrected chi connectivity index (χ3v) is 9.65. The van der Waals surface area contributed by atoms with E-state index < -0.39 is 34.4 Å². The zero-order valence-corrected chi connectivity index (χ0v) is 27.3. The molecule has 2 amide bonds. The number of rotatable bonds is 13. The second kappa shape index (κ2) is 15.2. The van der Waals surface area contributed by atoms with Gasteiger partial charge in [0.2, 0.25) is 11.8 Å². The van der Waals surface area contributed by atoms with Crippen molar-refractivity contribution >= 4 is 50.7 Å². The number of carbonyl (C=O) groups excluding carboxylic acids is 2. The van der Waals surface area contributed by atoms with Crippen LogP contribution in [0.25, 0.3) is 0 Å². The number of nitrogens with one attached hydrogen (secondary N) is 1. The predicted molar refractivity (Wildman–Crippen MR) is 176 cm³/mol. The molecule has 0 saturated carbocycles. The summed E-state index contributed by atoms with van der Waals surface area (Å²) in [6.45, 7) is -0.693. The Morgan fingerprint density at radius 1 is 0.822 bits per heavy atom. The molecule has 0 saturated heterocycles. The molecule has 4 rings (SSSR count). The Kier molecular flexibility index (Phi) is 11.3. The summed E-state index contributed by atoms with van der Waals surface area (Å²) in [6, 6.07) is 25.5. The first-order valence-electron chi connectivity index (χ1n) is 13.9. The zero-order valence-electron chi connectivity index (χ0n) is 24.9. The number of likely N-dealkylation sites (N-methyl/N-ethyl adjacent to an activating group) is 1. The average molecular weight is 671 g/mol. The fourth-order valence-corrected chi connectivity index (χ4v) is 6.52. The van der Waals surface area contributed by atoms with Crippen LogP contribution in [0.3, 0.4) is 0 Å². The lowest BCUT2D eigenvalue weighted by molar-refractivity contribution is -0.139. The van der Waals surface area contributed by atoms with Crippen molar-refractivity contribution in [3.05, 3.63) is 118 Å². The molecule has 0 radical (unpaired) electrons. The van der Waals surface area contributed by atoms with Gasteiger partial charge in [0.15, 0.2) is 0 Å². The first-order chi connectivity index (χ1) is 21.6. The van der Waals surface area contributed by atoms with Gasteiger partial charge in [0.25, 0.3) is 10.0 Å². The summed E-state index contributed by atoms with van der Waals surface area (Å²) < 4.78 is 40.1. The van der Waals surface area contributed by atoms with E-state index in [0.717, 1.165) is 9.87 Å². The molecule has 0 heterocycles. The minimum atomic E-state index is -4.32. The van der Waals surface area contributed by atoms with Gasteiger partial charge in [0.1, 0.15) is 24.1 Å². The van der Waals surface area contributed by atoms with Crippen molar-refractivity contribution in [1.29, 1.82) is 0 Å². The van der Waals surface area contributed by atoms with Crippen molar-refractivity contribution in [2.24, 2.45) is 0 Å². The van der Waals surface area contributed by atoms with Crippen LogP contribution >= 0.6 is 23.2 Å². The highest BCUT2D eigenvalue weighted by atomic mass is 35.5. The molecule has 9 nitrogen and oxygen atoms in total. The fourth-order valence-electron chi connectivity index (χ4n) is 4.78. The van der Waals surface area contributed by atoms with Crippen molar-refractivity contribution in [2.45, 2.75) is 23.9 Å². The molecule has 0 spiro atoms. The van der Waals surface area contributed by atoms with E-state index in [9.17, 15) is 18.0 Å². The number of sulfonamides is 1. The number of halogens is 2. The van der Waals surface area contributed by atoms with Gasteiger partial charge in [0, 0.05) is 20.0 Å². The maximum atomic E-state index is 14.4. The van der Waals surface area contributed by atoms with Crippen molar-refractivity contribution in [1.82, 2.24) is 10.2 Å². The van der Waals surface area contributed by atoms with Crippen molar-refractivity contribution < 1.29 is 27.5 Å². The maximum absolute atomic E-state index is 14.4. The van der Waals surface area contributed by atoms with Gasteiger partial charge in [-0.25, -0.2) is 8.42 Å². The number of para-hydroxylation sites is 2. The number of amides is 2. The molecular formula is C33H33Cl2N3O6S. The van der Waals surface area contributed by atoms with Crippen molar-refractivity contribution in [2.75, 3.05) is 32.1 Å². The summed E-state index contributed by atoms with van der Waals surface area (Å²) >= 11 is 12.4. The average Bonchev–Trinajstić information content (AvgIpc) is 3.06. The highest BCUT2D eigenvalue weighted by Crippen LogP contribution is 2.33. The van der Waals surface area contributed by atoms with Gasteiger partial charge in [-0.1, -0.05) is 71.7 Å². The molecule has 1 N–H and O–H groups in total. The number of methoxy groups -OCH3 is 2. The Labute approximate surface area is 273 Å². The van der Waals surface area contributed by atoms with Gasteiger partial charge in [0.05, 0.1) is 34.8 Å². The summed E-state index contributed by atoms with van der Waals surface area (Å²) in [7, 11) is 0.0487. The summed E-state index contributed by atoms with van der Waals surface area (Å²) in [6.07, 6.45) is 0.174. The lowest BCUT2D eigenvalue weighted by atomic mass is 10.0. The summed E-state index contributed by atoms with van der Waals surface area (Å²) in [5, 5.41) is 3.26.